The summed E-state index contributed by atoms with van der Waals surface area (Å²) in [6.07, 6.45) is 5.35. The van der Waals surface area contributed by atoms with Crippen LogP contribution >= 0.6 is 0 Å². The van der Waals surface area contributed by atoms with Crippen LogP contribution < -0.4 is 10.6 Å². The number of rotatable bonds is 9. The predicted octanol–water partition coefficient (Wildman–Crippen LogP) is 1.39. The van der Waals surface area contributed by atoms with E-state index in [0.29, 0.717) is 0 Å². The van der Waals surface area contributed by atoms with E-state index in [0.717, 1.165) is 45.2 Å². The molecular formula is C15H29N5. The maximum atomic E-state index is 4.24. The molecule has 0 bridgehead atoms. The van der Waals surface area contributed by atoms with Crippen molar-refractivity contribution < 1.29 is 0 Å². The summed E-state index contributed by atoms with van der Waals surface area (Å²) >= 11 is 0. The third-order valence-corrected chi connectivity index (χ3v) is 3.26. The zero-order valence-electron chi connectivity index (χ0n) is 13.1. The summed E-state index contributed by atoms with van der Waals surface area (Å²) in [6.45, 7) is 10.5. The molecule has 1 aromatic heterocycles. The van der Waals surface area contributed by atoms with E-state index in [1.54, 1.807) is 0 Å². The van der Waals surface area contributed by atoms with E-state index in [9.17, 15) is 0 Å². The average molecular weight is 279 g/mol. The van der Waals surface area contributed by atoms with Gasteiger partial charge in [-0.25, -0.2) is 0 Å². The molecule has 20 heavy (non-hydrogen) atoms. The lowest BCUT2D eigenvalue weighted by Gasteiger charge is -2.20. The second-order valence-electron chi connectivity index (χ2n) is 4.78. The van der Waals surface area contributed by atoms with Crippen LogP contribution in [0.2, 0.25) is 0 Å². The fraction of sp³-hybridized carbons (Fsp3) is 0.667. The van der Waals surface area contributed by atoms with Gasteiger partial charge in [-0.15, -0.1) is 0 Å². The number of hydrogen-bond acceptors (Lipinski definition) is 2. The number of likely N-dealkylation sites (N-methyl/N-ethyl adjacent to an activating group) is 1. The molecule has 1 rings (SSSR count). The lowest BCUT2D eigenvalue weighted by atomic mass is 10.4. The standard InChI is InChI=1S/C15H29N5/c1-4-10-19(5-2)13-8-17-15(16-3)18-9-14-20-11-6-7-12-20/h6-7,11-12H,4-5,8-10,13-14H2,1-3H3,(H2,16,17,18). The number of aromatic nitrogens is 1. The Morgan fingerprint density at radius 1 is 1.10 bits per heavy atom. The number of nitrogens with zero attached hydrogens (tertiary/aromatic N) is 3. The van der Waals surface area contributed by atoms with Gasteiger partial charge in [0.2, 0.25) is 0 Å². The average Bonchev–Trinajstić information content (AvgIpc) is 2.97. The second kappa shape index (κ2) is 10.3. The van der Waals surface area contributed by atoms with Gasteiger partial charge >= 0.3 is 0 Å². The van der Waals surface area contributed by atoms with Crippen molar-refractivity contribution >= 4 is 5.96 Å². The first kappa shape index (κ1) is 16.6. The molecule has 0 unspecified atom stereocenters. The monoisotopic (exact) mass is 279 g/mol. The van der Waals surface area contributed by atoms with Crippen molar-refractivity contribution in [2.75, 3.05) is 39.8 Å². The van der Waals surface area contributed by atoms with E-state index in [1.165, 1.54) is 6.42 Å². The van der Waals surface area contributed by atoms with Crippen LogP contribution in [-0.2, 0) is 6.54 Å². The van der Waals surface area contributed by atoms with Crippen molar-refractivity contribution in [3.05, 3.63) is 24.5 Å². The summed E-state index contributed by atoms with van der Waals surface area (Å²) in [5, 5.41) is 6.69. The first-order valence-electron chi connectivity index (χ1n) is 7.57. The van der Waals surface area contributed by atoms with Crippen LogP contribution in [0.15, 0.2) is 29.5 Å². The highest BCUT2D eigenvalue weighted by atomic mass is 15.2. The van der Waals surface area contributed by atoms with Crippen LogP contribution in [-0.4, -0.2) is 55.2 Å². The van der Waals surface area contributed by atoms with Crippen LogP contribution in [0.5, 0.6) is 0 Å². The fourth-order valence-corrected chi connectivity index (χ4v) is 2.12. The molecule has 0 atom stereocenters. The van der Waals surface area contributed by atoms with Crippen LogP contribution in [0.25, 0.3) is 0 Å². The van der Waals surface area contributed by atoms with Gasteiger partial charge in [0.05, 0.1) is 0 Å². The van der Waals surface area contributed by atoms with Gasteiger partial charge in [-0.05, 0) is 31.6 Å². The molecule has 5 nitrogen and oxygen atoms in total. The Bertz CT molecular complexity index is 358. The van der Waals surface area contributed by atoms with Gasteiger partial charge in [-0.1, -0.05) is 13.8 Å². The van der Waals surface area contributed by atoms with Crippen LogP contribution in [0, 0.1) is 0 Å². The zero-order valence-corrected chi connectivity index (χ0v) is 13.1. The summed E-state index contributed by atoms with van der Waals surface area (Å²) < 4.78 is 2.15. The highest BCUT2D eigenvalue weighted by Crippen LogP contribution is 1.89. The maximum Gasteiger partial charge on any atom is 0.191 e. The van der Waals surface area contributed by atoms with Gasteiger partial charge in [0, 0.05) is 45.6 Å². The molecule has 0 spiro atoms. The van der Waals surface area contributed by atoms with E-state index in [1.807, 2.05) is 19.2 Å². The molecule has 0 amide bonds. The van der Waals surface area contributed by atoms with Crippen molar-refractivity contribution in [3.8, 4) is 0 Å². The number of aliphatic imine (C=N–C) groups is 1. The van der Waals surface area contributed by atoms with Gasteiger partial charge in [0.15, 0.2) is 5.96 Å². The molecule has 0 aromatic carbocycles. The molecule has 5 heteroatoms. The molecule has 0 radical (unpaired) electrons. The summed E-state index contributed by atoms with van der Waals surface area (Å²) in [5.41, 5.74) is 0. The Kier molecular flexibility index (Phi) is 8.54. The molecule has 114 valence electrons. The Morgan fingerprint density at radius 3 is 2.40 bits per heavy atom. The molecule has 1 aromatic rings. The molecule has 0 saturated carbocycles. The van der Waals surface area contributed by atoms with Gasteiger partial charge in [0.1, 0.15) is 0 Å². The van der Waals surface area contributed by atoms with Crippen LogP contribution in [0.3, 0.4) is 0 Å². The van der Waals surface area contributed by atoms with Crippen molar-refractivity contribution in [1.82, 2.24) is 20.1 Å². The quantitative estimate of drug-likeness (QED) is 0.530. The SMILES string of the molecule is CCCN(CC)CCNC(=NC)NCCn1cccc1. The van der Waals surface area contributed by atoms with E-state index in [2.05, 4.69) is 51.3 Å². The number of nitrogens with one attached hydrogen (secondary N) is 2. The minimum atomic E-state index is 0.876. The van der Waals surface area contributed by atoms with Crippen molar-refractivity contribution in [2.24, 2.45) is 4.99 Å². The number of hydrogen-bond donors (Lipinski definition) is 2. The summed E-state index contributed by atoms with van der Waals surface area (Å²) in [4.78, 5) is 6.69. The van der Waals surface area contributed by atoms with E-state index in [-0.39, 0.29) is 0 Å². The van der Waals surface area contributed by atoms with Gasteiger partial charge in [-0.3, -0.25) is 4.99 Å². The fourth-order valence-electron chi connectivity index (χ4n) is 2.12. The zero-order chi connectivity index (χ0) is 14.6. The van der Waals surface area contributed by atoms with Crippen molar-refractivity contribution in [3.63, 3.8) is 0 Å². The predicted molar refractivity (Wildman–Crippen MR) is 86.2 cm³/mol. The van der Waals surface area contributed by atoms with E-state index < -0.39 is 0 Å². The first-order valence-corrected chi connectivity index (χ1v) is 7.57. The number of guanidine groups is 1. The molecule has 0 aliphatic carbocycles. The third kappa shape index (κ3) is 6.61. The molecule has 2 N–H and O–H groups in total. The van der Waals surface area contributed by atoms with Crippen molar-refractivity contribution in [1.29, 1.82) is 0 Å². The maximum absolute atomic E-state index is 4.24. The third-order valence-electron chi connectivity index (χ3n) is 3.26. The minimum absolute atomic E-state index is 0.876. The Morgan fingerprint density at radius 2 is 1.80 bits per heavy atom. The first-order chi connectivity index (χ1) is 9.80. The van der Waals surface area contributed by atoms with Gasteiger partial charge in [-0.2, -0.15) is 0 Å². The summed E-state index contributed by atoms with van der Waals surface area (Å²) in [6, 6.07) is 4.08. The summed E-state index contributed by atoms with van der Waals surface area (Å²) in [5.74, 6) is 0.879. The highest BCUT2D eigenvalue weighted by molar-refractivity contribution is 5.79. The van der Waals surface area contributed by atoms with Crippen LogP contribution in [0.1, 0.15) is 20.3 Å². The largest absolute Gasteiger partial charge is 0.355 e. The van der Waals surface area contributed by atoms with E-state index >= 15 is 0 Å². The second-order valence-corrected chi connectivity index (χ2v) is 4.78. The molecular weight excluding hydrogens is 250 g/mol. The molecule has 0 fully saturated rings. The van der Waals surface area contributed by atoms with Crippen LogP contribution in [0.4, 0.5) is 0 Å². The Hall–Kier alpha value is -1.49. The Labute approximate surface area is 123 Å². The van der Waals surface area contributed by atoms with Gasteiger partial charge in [0.25, 0.3) is 0 Å². The molecule has 1 heterocycles. The lowest BCUT2D eigenvalue weighted by molar-refractivity contribution is 0.293. The highest BCUT2D eigenvalue weighted by Gasteiger charge is 2.01. The smallest absolute Gasteiger partial charge is 0.191 e. The summed E-state index contributed by atoms with van der Waals surface area (Å²) in [7, 11) is 1.81. The topological polar surface area (TPSA) is 44.6 Å². The Balaban J connectivity index is 2.16. The molecule has 0 aliphatic heterocycles. The van der Waals surface area contributed by atoms with Crippen molar-refractivity contribution in [2.45, 2.75) is 26.8 Å². The lowest BCUT2D eigenvalue weighted by Crippen LogP contribution is -2.42. The van der Waals surface area contributed by atoms with Gasteiger partial charge < -0.3 is 20.1 Å². The molecule has 0 saturated heterocycles. The molecule has 0 aliphatic rings. The van der Waals surface area contributed by atoms with E-state index in [4.69, 9.17) is 0 Å². The normalized spacial score (nSPS) is 11.9. The minimum Gasteiger partial charge on any atom is -0.355 e.